The summed E-state index contributed by atoms with van der Waals surface area (Å²) in [5, 5.41) is 18.3. The van der Waals surface area contributed by atoms with Crippen LogP contribution in [-0.2, 0) is 19.5 Å². The number of nitrogens with two attached hydrogens (primary N) is 1. The van der Waals surface area contributed by atoms with Gasteiger partial charge in [0.1, 0.15) is 5.82 Å². The van der Waals surface area contributed by atoms with Crippen molar-refractivity contribution in [3.63, 3.8) is 0 Å². The van der Waals surface area contributed by atoms with Gasteiger partial charge in [-0.15, -0.1) is 0 Å². The van der Waals surface area contributed by atoms with E-state index in [1.807, 2.05) is 39.5 Å². The van der Waals surface area contributed by atoms with Gasteiger partial charge in [-0.2, -0.15) is 0 Å². The summed E-state index contributed by atoms with van der Waals surface area (Å²) in [6.07, 6.45) is -0.276. The van der Waals surface area contributed by atoms with Crippen molar-refractivity contribution in [3.8, 4) is 0 Å². The summed E-state index contributed by atoms with van der Waals surface area (Å²) in [4.78, 5) is 5.86. The highest BCUT2D eigenvalue weighted by atomic mass is 32.2. The van der Waals surface area contributed by atoms with Crippen LogP contribution in [0.2, 0.25) is 0 Å². The lowest BCUT2D eigenvalue weighted by molar-refractivity contribution is -0.252. The number of aliphatic hydroxyl groups is 1. The van der Waals surface area contributed by atoms with Gasteiger partial charge in [-0.1, -0.05) is 6.07 Å². The Morgan fingerprint density at radius 3 is 2.71 bits per heavy atom. The minimum absolute atomic E-state index is 0.0428. The van der Waals surface area contributed by atoms with Crippen molar-refractivity contribution in [1.82, 2.24) is 9.88 Å². The predicted octanol–water partition coefficient (Wildman–Crippen LogP) is 1.10. The quantitative estimate of drug-likeness (QED) is 0.425. The summed E-state index contributed by atoms with van der Waals surface area (Å²) in [6, 6.07) is 4.58. The number of anilines is 1. The first-order valence-electron chi connectivity index (χ1n) is 9.26. The van der Waals surface area contributed by atoms with Crippen LogP contribution in [0.1, 0.15) is 41.0 Å². The number of likely N-dealkylation sites (tertiary alicyclic amines) is 1. The molecule has 1 aromatic heterocycles. The number of aliphatic hydroxyl groups excluding tert-OH is 1. The largest absolute Gasteiger partial charge is 0.375 e. The van der Waals surface area contributed by atoms with Crippen molar-refractivity contribution >= 4 is 15.8 Å². The Hall–Kier alpha value is -1.30. The second-order valence-electron chi connectivity index (χ2n) is 8.55. The fourth-order valence-electron chi connectivity index (χ4n) is 3.16. The third kappa shape index (κ3) is 6.64. The fraction of sp³-hybridized carbons (Fsp3) is 0.722. The number of nitrogens with one attached hydrogen (secondary N) is 1. The average Bonchev–Trinajstić information content (AvgIpc) is 2.84. The van der Waals surface area contributed by atoms with E-state index in [1.54, 1.807) is 12.1 Å². The molecule has 2 heterocycles. The molecule has 0 radical (unpaired) electrons. The minimum atomic E-state index is -3.83. The Kier molecular flexibility index (Phi) is 7.06. The van der Waals surface area contributed by atoms with Gasteiger partial charge in [0, 0.05) is 18.6 Å². The Morgan fingerprint density at radius 2 is 2.11 bits per heavy atom. The monoisotopic (exact) mass is 416 g/mol. The van der Waals surface area contributed by atoms with Crippen molar-refractivity contribution in [2.75, 3.05) is 25.0 Å². The normalized spacial score (nSPS) is 21.6. The molecule has 2 rings (SSSR count). The van der Waals surface area contributed by atoms with Crippen LogP contribution in [0.25, 0.3) is 0 Å². The molecular formula is C18H32N4O5S. The Labute approximate surface area is 167 Å². The Bertz CT molecular complexity index is 763. The number of hydrogen-bond acceptors (Lipinski definition) is 8. The molecule has 1 aliphatic heterocycles. The molecule has 2 atom stereocenters. The first kappa shape index (κ1) is 23.0. The van der Waals surface area contributed by atoms with E-state index < -0.39 is 22.0 Å². The molecule has 1 fully saturated rings. The molecule has 28 heavy (non-hydrogen) atoms. The van der Waals surface area contributed by atoms with Gasteiger partial charge < -0.3 is 19.9 Å². The van der Waals surface area contributed by atoms with Crippen LogP contribution in [0.4, 0.5) is 5.82 Å². The molecule has 0 bridgehead atoms. The lowest BCUT2D eigenvalue weighted by Gasteiger charge is -2.37. The van der Waals surface area contributed by atoms with Crippen LogP contribution in [0, 0.1) is 0 Å². The summed E-state index contributed by atoms with van der Waals surface area (Å²) >= 11 is 0. The molecule has 4 N–H and O–H groups in total. The topological polar surface area (TPSA) is 127 Å². The maximum absolute atomic E-state index is 11.3. The van der Waals surface area contributed by atoms with Gasteiger partial charge in [0.05, 0.1) is 18.3 Å². The SMILES string of the molecule is CC(C)(C)OC(O)N1CC(OCCNc2cccc(S(N)(=O)=O)n2)CC1(C)C. The highest BCUT2D eigenvalue weighted by Gasteiger charge is 2.43. The van der Waals surface area contributed by atoms with Crippen molar-refractivity contribution in [3.05, 3.63) is 18.2 Å². The van der Waals surface area contributed by atoms with E-state index in [-0.39, 0.29) is 16.7 Å². The second kappa shape index (κ2) is 8.60. The Morgan fingerprint density at radius 1 is 1.43 bits per heavy atom. The maximum atomic E-state index is 11.3. The number of pyridine rings is 1. The van der Waals surface area contributed by atoms with Crippen molar-refractivity contribution in [1.29, 1.82) is 0 Å². The summed E-state index contributed by atoms with van der Waals surface area (Å²) < 4.78 is 34.3. The lowest BCUT2D eigenvalue weighted by Crippen LogP contribution is -2.49. The van der Waals surface area contributed by atoms with Crippen molar-refractivity contribution in [2.45, 2.75) is 69.7 Å². The van der Waals surface area contributed by atoms with Crippen LogP contribution in [-0.4, -0.2) is 66.8 Å². The average molecular weight is 417 g/mol. The van der Waals surface area contributed by atoms with E-state index in [1.165, 1.54) is 6.07 Å². The minimum Gasteiger partial charge on any atom is -0.375 e. The predicted molar refractivity (Wildman–Crippen MR) is 106 cm³/mol. The molecule has 0 amide bonds. The van der Waals surface area contributed by atoms with Crippen LogP contribution in [0.15, 0.2) is 23.2 Å². The molecule has 0 saturated carbocycles. The maximum Gasteiger partial charge on any atom is 0.255 e. The fourth-order valence-corrected chi connectivity index (χ4v) is 3.66. The zero-order valence-electron chi connectivity index (χ0n) is 17.2. The Balaban J connectivity index is 1.83. The summed E-state index contributed by atoms with van der Waals surface area (Å²) in [7, 11) is -3.83. The van der Waals surface area contributed by atoms with Gasteiger partial charge in [-0.25, -0.2) is 23.4 Å². The smallest absolute Gasteiger partial charge is 0.255 e. The van der Waals surface area contributed by atoms with Gasteiger partial charge in [0.15, 0.2) is 5.03 Å². The molecule has 9 nitrogen and oxygen atoms in total. The summed E-state index contributed by atoms with van der Waals surface area (Å²) in [5.41, 5.74) is -0.703. The highest BCUT2D eigenvalue weighted by Crippen LogP contribution is 2.33. The zero-order chi connectivity index (χ0) is 21.2. The number of rotatable bonds is 8. The van der Waals surface area contributed by atoms with Crippen LogP contribution in [0.3, 0.4) is 0 Å². The molecule has 1 aromatic rings. The van der Waals surface area contributed by atoms with Gasteiger partial charge in [-0.3, -0.25) is 0 Å². The first-order valence-corrected chi connectivity index (χ1v) is 10.8. The molecule has 0 aromatic carbocycles. The molecule has 0 spiro atoms. The van der Waals surface area contributed by atoms with Crippen molar-refractivity contribution in [2.24, 2.45) is 5.14 Å². The number of primary sulfonamides is 1. The zero-order valence-corrected chi connectivity index (χ0v) is 18.0. The molecular weight excluding hydrogens is 384 g/mol. The van der Waals surface area contributed by atoms with E-state index >= 15 is 0 Å². The highest BCUT2D eigenvalue weighted by molar-refractivity contribution is 7.89. The van der Waals surface area contributed by atoms with Crippen LogP contribution >= 0.6 is 0 Å². The van der Waals surface area contributed by atoms with E-state index in [4.69, 9.17) is 14.6 Å². The number of nitrogens with zero attached hydrogens (tertiary/aromatic N) is 2. The van der Waals surface area contributed by atoms with E-state index in [2.05, 4.69) is 10.3 Å². The van der Waals surface area contributed by atoms with Gasteiger partial charge >= 0.3 is 0 Å². The van der Waals surface area contributed by atoms with E-state index in [0.717, 1.165) is 6.42 Å². The number of sulfonamides is 1. The third-order valence-electron chi connectivity index (χ3n) is 4.41. The van der Waals surface area contributed by atoms with Crippen LogP contribution < -0.4 is 10.5 Å². The second-order valence-corrected chi connectivity index (χ2v) is 10.1. The number of ether oxygens (including phenoxy) is 2. The molecule has 10 heteroatoms. The third-order valence-corrected chi connectivity index (χ3v) is 5.22. The van der Waals surface area contributed by atoms with Gasteiger partial charge in [0.2, 0.25) is 6.41 Å². The molecule has 160 valence electrons. The summed E-state index contributed by atoms with van der Waals surface area (Å²) in [6.45, 7) is 11.2. The molecule has 2 unspecified atom stereocenters. The standard InChI is InChI=1S/C18H32N4O5S/c1-17(2,3)27-16(23)22-12-13(11-18(22,4)5)26-10-9-20-14-7-6-8-15(21-14)28(19,24)25/h6-8,13,16,23H,9-12H2,1-5H3,(H,20,21)(H2,19,24,25). The van der Waals surface area contributed by atoms with Gasteiger partial charge in [0.25, 0.3) is 10.0 Å². The lowest BCUT2D eigenvalue weighted by atomic mass is 10.0. The van der Waals surface area contributed by atoms with Crippen molar-refractivity contribution < 1.29 is 23.0 Å². The van der Waals surface area contributed by atoms with E-state index in [0.29, 0.717) is 25.5 Å². The molecule has 1 aliphatic rings. The molecule has 1 saturated heterocycles. The number of aromatic nitrogens is 1. The molecule has 0 aliphatic carbocycles. The van der Waals surface area contributed by atoms with Crippen LogP contribution in [0.5, 0.6) is 0 Å². The summed E-state index contributed by atoms with van der Waals surface area (Å²) in [5.74, 6) is 0.414. The number of hydrogen-bond donors (Lipinski definition) is 3. The van der Waals surface area contributed by atoms with Gasteiger partial charge in [-0.05, 0) is 53.2 Å². The van der Waals surface area contributed by atoms with E-state index in [9.17, 15) is 13.5 Å². The first-order chi connectivity index (χ1) is 12.8.